The lowest BCUT2D eigenvalue weighted by molar-refractivity contribution is 0.494. The first-order valence-corrected chi connectivity index (χ1v) is 7.66. The minimum Gasteiger partial charge on any atom is -0.340 e. The normalized spacial score (nSPS) is 13.7. The fourth-order valence-corrected chi connectivity index (χ4v) is 3.20. The third-order valence-electron chi connectivity index (χ3n) is 1.59. The highest BCUT2D eigenvalue weighted by Gasteiger charge is 2.14. The number of thioether (sulfide) groups is 1. The summed E-state index contributed by atoms with van der Waals surface area (Å²) in [5.41, 5.74) is 3.78. The number of hydrogen-bond acceptors (Lipinski definition) is 3. The average molecular weight is 255 g/mol. The van der Waals surface area contributed by atoms with Crippen LogP contribution in [-0.2, 0) is 4.57 Å². The van der Waals surface area contributed by atoms with Crippen LogP contribution in [0.1, 0.15) is 13.8 Å². The van der Waals surface area contributed by atoms with Gasteiger partial charge in [-0.15, -0.1) is 5.73 Å². The second-order valence-corrected chi connectivity index (χ2v) is 6.98. The molecule has 0 fully saturated rings. The number of aromatic nitrogens is 1. The van der Waals surface area contributed by atoms with Gasteiger partial charge in [-0.3, -0.25) is 4.57 Å². The van der Waals surface area contributed by atoms with Crippen LogP contribution in [0.25, 0.3) is 0 Å². The van der Waals surface area contributed by atoms with Crippen LogP contribution in [-0.4, -0.2) is 15.4 Å². The Balaban J connectivity index is 2.62. The summed E-state index contributed by atoms with van der Waals surface area (Å²) in [5, 5.41) is 0.752. The van der Waals surface area contributed by atoms with Crippen molar-refractivity contribution in [1.82, 2.24) is 4.98 Å². The number of pyridine rings is 1. The van der Waals surface area contributed by atoms with Crippen molar-refractivity contribution in [2.75, 3.05) is 5.49 Å². The lowest BCUT2D eigenvalue weighted by atomic mass is 10.4. The molecular weight excluding hydrogens is 241 g/mol. The molecule has 5 heteroatoms. The number of hydrogen-bond donors (Lipinski definition) is 1. The maximum atomic E-state index is 11.7. The van der Waals surface area contributed by atoms with Gasteiger partial charge >= 0.3 is 0 Å². The third-order valence-corrected chi connectivity index (χ3v) is 4.66. The Kier molecular flexibility index (Phi) is 5.04. The van der Waals surface area contributed by atoms with E-state index >= 15 is 0 Å². The number of allylic oxidation sites excluding steroid dienone is 1. The molecule has 1 unspecified atom stereocenters. The van der Waals surface area contributed by atoms with Crippen LogP contribution in [0.2, 0.25) is 0 Å². The summed E-state index contributed by atoms with van der Waals surface area (Å²) in [5.74, 6) is 1.26. The molecule has 0 spiro atoms. The lowest BCUT2D eigenvalue weighted by Gasteiger charge is -2.04. The zero-order valence-corrected chi connectivity index (χ0v) is 11.0. The van der Waals surface area contributed by atoms with Gasteiger partial charge in [-0.2, -0.15) is 0 Å². The Morgan fingerprint density at radius 1 is 1.62 bits per heavy atom. The molecule has 3 nitrogen and oxygen atoms in total. The molecule has 0 aliphatic heterocycles. The van der Waals surface area contributed by atoms with E-state index in [1.165, 1.54) is 17.6 Å². The summed E-state index contributed by atoms with van der Waals surface area (Å²) >= 11 is 1.27. The first kappa shape index (κ1) is 13.3. The molecule has 1 N–H and O–H groups in total. The predicted octanol–water partition coefficient (Wildman–Crippen LogP) is 3.48. The van der Waals surface area contributed by atoms with Gasteiger partial charge in [0.15, 0.2) is 0 Å². The predicted molar refractivity (Wildman–Crippen MR) is 67.7 cm³/mol. The SMILES string of the molecule is CC(C)=C=CP(=O)(O)CSc1ccccn1. The molecule has 0 aliphatic carbocycles. The van der Waals surface area contributed by atoms with Crippen LogP contribution in [0.15, 0.2) is 46.5 Å². The van der Waals surface area contributed by atoms with Crippen LogP contribution in [0.3, 0.4) is 0 Å². The standard InChI is InChI=1S/C11H14NO2PS/c1-10(2)6-8-15(13,14)9-16-11-5-3-4-7-12-11/h3-5,7-8H,9H2,1-2H3,(H,13,14). The van der Waals surface area contributed by atoms with E-state index < -0.39 is 7.37 Å². The van der Waals surface area contributed by atoms with Gasteiger partial charge in [0.1, 0.15) is 0 Å². The minimum atomic E-state index is -3.25. The molecule has 0 amide bonds. The molecule has 16 heavy (non-hydrogen) atoms. The Labute approximate surface area is 99.8 Å². The van der Waals surface area contributed by atoms with Crippen molar-refractivity contribution in [3.8, 4) is 0 Å². The monoisotopic (exact) mass is 255 g/mol. The molecule has 86 valence electrons. The van der Waals surface area contributed by atoms with Crippen molar-refractivity contribution >= 4 is 19.1 Å². The zero-order valence-electron chi connectivity index (χ0n) is 9.25. The summed E-state index contributed by atoms with van der Waals surface area (Å²) in [6.07, 6.45) is 1.66. The molecule has 1 aromatic rings. The molecule has 1 rings (SSSR count). The van der Waals surface area contributed by atoms with Crippen molar-refractivity contribution in [2.45, 2.75) is 18.9 Å². The quantitative estimate of drug-likeness (QED) is 0.508. The van der Waals surface area contributed by atoms with E-state index in [1.54, 1.807) is 6.20 Å². The van der Waals surface area contributed by atoms with Crippen LogP contribution < -0.4 is 0 Å². The Morgan fingerprint density at radius 3 is 2.94 bits per heavy atom. The van der Waals surface area contributed by atoms with Gasteiger partial charge in [0.05, 0.1) is 10.5 Å². The summed E-state index contributed by atoms with van der Waals surface area (Å²) in [6.45, 7) is 3.67. The molecule has 0 aliphatic rings. The minimum absolute atomic E-state index is 0.129. The second-order valence-electron chi connectivity index (χ2n) is 3.47. The van der Waals surface area contributed by atoms with Crippen molar-refractivity contribution in [2.24, 2.45) is 0 Å². The molecule has 0 bridgehead atoms. The zero-order chi connectivity index (χ0) is 12.0. The van der Waals surface area contributed by atoms with Crippen LogP contribution in [0, 0.1) is 0 Å². The second kappa shape index (κ2) is 6.07. The summed E-state index contributed by atoms with van der Waals surface area (Å²) in [7, 11) is -3.25. The first-order chi connectivity index (χ1) is 7.49. The maximum absolute atomic E-state index is 11.7. The van der Waals surface area contributed by atoms with E-state index in [0.29, 0.717) is 0 Å². The largest absolute Gasteiger partial charge is 0.340 e. The average Bonchev–Trinajstić information content (AvgIpc) is 2.26. The van der Waals surface area contributed by atoms with Gasteiger partial charge in [0.25, 0.3) is 0 Å². The van der Waals surface area contributed by atoms with Crippen molar-refractivity contribution < 1.29 is 9.46 Å². The van der Waals surface area contributed by atoms with Crippen LogP contribution >= 0.6 is 19.1 Å². The van der Waals surface area contributed by atoms with E-state index in [9.17, 15) is 9.46 Å². The number of nitrogens with zero attached hydrogens (tertiary/aromatic N) is 1. The van der Waals surface area contributed by atoms with Crippen molar-refractivity contribution in [1.29, 1.82) is 0 Å². The summed E-state index contributed by atoms with van der Waals surface area (Å²) in [4.78, 5) is 13.7. The summed E-state index contributed by atoms with van der Waals surface area (Å²) in [6, 6.07) is 5.48. The van der Waals surface area contributed by atoms with E-state index in [-0.39, 0.29) is 5.49 Å². The Morgan fingerprint density at radius 2 is 2.38 bits per heavy atom. The highest BCUT2D eigenvalue weighted by Crippen LogP contribution is 2.46. The molecule has 1 heterocycles. The topological polar surface area (TPSA) is 50.2 Å². The van der Waals surface area contributed by atoms with E-state index in [1.807, 2.05) is 32.0 Å². The third kappa shape index (κ3) is 5.34. The summed E-state index contributed by atoms with van der Waals surface area (Å²) < 4.78 is 11.7. The molecular formula is C11H14NO2PS. The number of rotatable bonds is 4. The Bertz CT molecular complexity index is 448. The highest BCUT2D eigenvalue weighted by molar-refractivity contribution is 8.05. The fourth-order valence-electron chi connectivity index (χ4n) is 0.858. The molecule has 0 saturated heterocycles. The van der Waals surface area contributed by atoms with Gasteiger partial charge < -0.3 is 4.89 Å². The Hall–Kier alpha value is -0.790. The van der Waals surface area contributed by atoms with E-state index in [0.717, 1.165) is 10.6 Å². The van der Waals surface area contributed by atoms with Gasteiger partial charge in [0, 0.05) is 12.0 Å². The molecule has 0 radical (unpaired) electrons. The smallest absolute Gasteiger partial charge is 0.240 e. The highest BCUT2D eigenvalue weighted by atomic mass is 32.2. The maximum Gasteiger partial charge on any atom is 0.240 e. The fraction of sp³-hybridized carbons (Fsp3) is 0.273. The van der Waals surface area contributed by atoms with Gasteiger partial charge in [0.2, 0.25) is 7.37 Å². The van der Waals surface area contributed by atoms with Crippen LogP contribution in [0.4, 0.5) is 0 Å². The molecule has 1 aromatic heterocycles. The van der Waals surface area contributed by atoms with Gasteiger partial charge in [-0.25, -0.2) is 4.98 Å². The van der Waals surface area contributed by atoms with Gasteiger partial charge in [-0.1, -0.05) is 17.8 Å². The lowest BCUT2D eigenvalue weighted by Crippen LogP contribution is -1.82. The van der Waals surface area contributed by atoms with E-state index in [4.69, 9.17) is 0 Å². The molecule has 1 atom stereocenters. The van der Waals surface area contributed by atoms with Gasteiger partial charge in [-0.05, 0) is 31.6 Å². The van der Waals surface area contributed by atoms with E-state index in [2.05, 4.69) is 10.7 Å². The first-order valence-electron chi connectivity index (χ1n) is 4.76. The van der Waals surface area contributed by atoms with Crippen molar-refractivity contribution in [3.63, 3.8) is 0 Å². The van der Waals surface area contributed by atoms with Crippen LogP contribution in [0.5, 0.6) is 0 Å². The van der Waals surface area contributed by atoms with Crippen molar-refractivity contribution in [3.05, 3.63) is 41.5 Å². The molecule has 0 aromatic carbocycles. The molecule has 0 saturated carbocycles.